The van der Waals surface area contributed by atoms with E-state index in [2.05, 4.69) is 37.7 Å². The third-order valence-electron chi connectivity index (χ3n) is 8.33. The lowest BCUT2D eigenvalue weighted by atomic mass is 10.0. The van der Waals surface area contributed by atoms with Gasteiger partial charge in [0.15, 0.2) is 11.6 Å². The molecule has 0 saturated carbocycles. The van der Waals surface area contributed by atoms with Crippen molar-refractivity contribution < 1.29 is 27.9 Å². The van der Waals surface area contributed by atoms with E-state index in [1.54, 1.807) is 0 Å². The number of nitrogens with zero attached hydrogens (tertiary/aromatic N) is 4. The van der Waals surface area contributed by atoms with Crippen LogP contribution in [0.2, 0.25) is 0 Å². The van der Waals surface area contributed by atoms with Crippen LogP contribution in [-0.4, -0.2) is 83.7 Å². The molecule has 2 aliphatic heterocycles. The van der Waals surface area contributed by atoms with Crippen LogP contribution in [0, 0.1) is 23.5 Å². The molecule has 272 valence electrons. The lowest BCUT2D eigenvalue weighted by Gasteiger charge is -2.37. The molecule has 3 heterocycles. The lowest BCUT2D eigenvalue weighted by Crippen LogP contribution is -2.52. The van der Waals surface area contributed by atoms with Crippen molar-refractivity contribution in [2.45, 2.75) is 31.7 Å². The van der Waals surface area contributed by atoms with Crippen LogP contribution < -0.4 is 31.3 Å². The van der Waals surface area contributed by atoms with Crippen molar-refractivity contribution in [3.05, 3.63) is 94.8 Å². The van der Waals surface area contributed by atoms with Crippen LogP contribution in [0.25, 0.3) is 0 Å². The molecule has 5 rings (SSSR count). The van der Waals surface area contributed by atoms with Crippen molar-refractivity contribution in [3.8, 4) is 23.3 Å². The van der Waals surface area contributed by atoms with Crippen molar-refractivity contribution in [1.82, 2.24) is 25.4 Å². The van der Waals surface area contributed by atoms with Crippen LogP contribution >= 0.6 is 11.8 Å². The van der Waals surface area contributed by atoms with E-state index in [0.717, 1.165) is 48.2 Å². The first-order valence-corrected chi connectivity index (χ1v) is 17.4. The fourth-order valence-electron chi connectivity index (χ4n) is 5.41. The molecule has 0 radical (unpaired) electrons. The maximum atomic E-state index is 15.5. The summed E-state index contributed by atoms with van der Waals surface area (Å²) in [6.07, 6.45) is 3.03. The summed E-state index contributed by atoms with van der Waals surface area (Å²) in [6.45, 7) is 9.42. The number of nitrogen functional groups attached to an aromatic ring is 1. The van der Waals surface area contributed by atoms with Gasteiger partial charge in [-0.15, -0.1) is 11.8 Å². The minimum absolute atomic E-state index is 0.00746. The van der Waals surface area contributed by atoms with Crippen molar-refractivity contribution in [1.29, 1.82) is 0 Å². The number of nitrogens with one attached hydrogen (secondary N) is 3. The summed E-state index contributed by atoms with van der Waals surface area (Å²) in [7, 11) is 1.41. The summed E-state index contributed by atoms with van der Waals surface area (Å²) >= 11 is 1.52. The second-order valence-corrected chi connectivity index (χ2v) is 13.8. The largest absolute Gasteiger partial charge is 0.453 e. The summed E-state index contributed by atoms with van der Waals surface area (Å²) in [5.74, 6) is 3.45. The van der Waals surface area contributed by atoms with E-state index < -0.39 is 34.6 Å². The van der Waals surface area contributed by atoms with E-state index in [4.69, 9.17) is 10.5 Å². The normalized spacial score (nSPS) is 16.2. The summed E-state index contributed by atoms with van der Waals surface area (Å²) in [5.41, 5.74) is 6.59. The van der Waals surface area contributed by atoms with Gasteiger partial charge in [-0.25, -0.2) is 13.8 Å². The summed E-state index contributed by atoms with van der Waals surface area (Å²) in [5, 5.41) is 11.0. The smallest absolute Gasteiger partial charge is 0.265 e. The molecule has 5 N–H and O–H groups in total. The monoisotopic (exact) mass is 730 g/mol. The summed E-state index contributed by atoms with van der Waals surface area (Å²) in [4.78, 5) is 48.1. The van der Waals surface area contributed by atoms with Gasteiger partial charge in [-0.3, -0.25) is 19.3 Å². The molecule has 0 spiro atoms. The Hall–Kier alpha value is -5.43. The molecule has 1 saturated heterocycles. The minimum atomic E-state index is -0.915. The Morgan fingerprint density at radius 2 is 1.88 bits per heavy atom. The number of likely N-dealkylation sites (N-methyl/N-ethyl adjacent to an activating group) is 1. The van der Waals surface area contributed by atoms with E-state index in [1.165, 1.54) is 67.5 Å². The number of piperazine rings is 1. The zero-order valence-corrected chi connectivity index (χ0v) is 30.0. The van der Waals surface area contributed by atoms with Gasteiger partial charge in [0.25, 0.3) is 11.8 Å². The van der Waals surface area contributed by atoms with Crippen LogP contribution in [0.15, 0.2) is 77.6 Å². The van der Waals surface area contributed by atoms with Crippen LogP contribution in [0.4, 0.5) is 26.0 Å². The quantitative estimate of drug-likeness (QED) is 0.0744. The number of ether oxygens (including phenoxy) is 1. The molecular weight excluding hydrogens is 691 g/mol. The van der Waals surface area contributed by atoms with Crippen molar-refractivity contribution >= 4 is 47.2 Å². The molecule has 1 unspecified atom stereocenters. The van der Waals surface area contributed by atoms with E-state index in [9.17, 15) is 18.8 Å². The molecule has 2 aromatic carbocycles. The number of hydrogen-bond donors (Lipinski definition) is 4. The van der Waals surface area contributed by atoms with Gasteiger partial charge in [-0.1, -0.05) is 11.8 Å². The first-order valence-electron chi connectivity index (χ1n) is 16.4. The Morgan fingerprint density at radius 1 is 1.15 bits per heavy atom. The number of pyridine rings is 1. The third kappa shape index (κ3) is 9.46. The molecule has 12 nitrogen and oxygen atoms in total. The van der Waals surface area contributed by atoms with Crippen LogP contribution in [0.3, 0.4) is 0 Å². The number of benzene rings is 2. The fraction of sp³-hybridized carbons (Fsp3) is 0.297. The number of carbonyl (C=O) groups excluding carboxylic acids is 3. The molecule has 1 fully saturated rings. The molecule has 1 atom stereocenters. The topological polar surface area (TPSA) is 145 Å². The van der Waals surface area contributed by atoms with Crippen molar-refractivity contribution in [2.24, 2.45) is 0 Å². The van der Waals surface area contributed by atoms with E-state index in [1.807, 2.05) is 26.2 Å². The predicted molar refractivity (Wildman–Crippen MR) is 198 cm³/mol. The number of rotatable bonds is 11. The molecule has 3 aromatic rings. The minimum Gasteiger partial charge on any atom is -0.453 e. The highest BCUT2D eigenvalue weighted by Crippen LogP contribution is 2.31. The second-order valence-electron chi connectivity index (χ2n) is 12.5. The number of carbonyl (C=O) groups is 3. The first kappa shape index (κ1) is 37.8. The SMILES string of the molecule is CC1NC(CN(C=O)/C=C(/C(=O)Nc2ccc(Oc3ccnc(N)c3C#CC(C)(C)N3CCNCC3)c(F)c2)C(=O)N(C)c2ccc(F)cc2)=CS1. The average molecular weight is 731 g/mol. The van der Waals surface area contributed by atoms with Gasteiger partial charge in [0.1, 0.15) is 28.5 Å². The second kappa shape index (κ2) is 16.7. The number of amides is 3. The molecule has 52 heavy (non-hydrogen) atoms. The van der Waals surface area contributed by atoms with E-state index in [-0.39, 0.29) is 34.9 Å². The average Bonchev–Trinajstić information content (AvgIpc) is 3.54. The van der Waals surface area contributed by atoms with Crippen LogP contribution in [0.1, 0.15) is 26.3 Å². The third-order valence-corrected chi connectivity index (χ3v) is 9.28. The van der Waals surface area contributed by atoms with Gasteiger partial charge in [0, 0.05) is 74.8 Å². The Kier molecular flexibility index (Phi) is 12.2. The fourth-order valence-corrected chi connectivity index (χ4v) is 6.14. The van der Waals surface area contributed by atoms with Gasteiger partial charge >= 0.3 is 0 Å². The first-order chi connectivity index (χ1) is 24.8. The summed E-state index contributed by atoms with van der Waals surface area (Å²) in [6, 6.07) is 10.4. The molecule has 0 aliphatic carbocycles. The highest BCUT2D eigenvalue weighted by Gasteiger charge is 2.27. The molecule has 1 aromatic heterocycles. The highest BCUT2D eigenvalue weighted by molar-refractivity contribution is 8.02. The van der Waals surface area contributed by atoms with E-state index >= 15 is 4.39 Å². The molecular formula is C37H40F2N8O4S. The number of thioether (sulfide) groups is 1. The Labute approximate surface area is 305 Å². The standard InChI is InChI=1S/C37H40F2N8O4S/c1-24-43-27(22-52-24)20-46(23-48)21-30(36(50)45(4)28-8-5-25(38)6-9-28)35(49)44-26-7-10-33(31(39)19-26)51-32-12-14-42-34(40)29(32)11-13-37(2,3)47-17-15-41-16-18-47/h5-10,12,14,19,21-24,41,43H,15-18,20H2,1-4H3,(H2,40,42)(H,44,49)/b30-21-. The Balaban J connectivity index is 1.37. The van der Waals surface area contributed by atoms with Gasteiger partial charge < -0.3 is 36.2 Å². The van der Waals surface area contributed by atoms with Crippen LogP contribution in [0.5, 0.6) is 11.5 Å². The lowest BCUT2D eigenvalue weighted by molar-refractivity contribution is -0.119. The molecule has 3 amide bonds. The predicted octanol–water partition coefficient (Wildman–Crippen LogP) is 4.24. The number of hydrogen-bond acceptors (Lipinski definition) is 10. The van der Waals surface area contributed by atoms with Gasteiger partial charge in [0.2, 0.25) is 6.41 Å². The number of aromatic nitrogens is 1. The number of nitrogens with two attached hydrogens (primary N) is 1. The molecule has 15 heteroatoms. The number of halogens is 2. The van der Waals surface area contributed by atoms with Crippen molar-refractivity contribution in [3.63, 3.8) is 0 Å². The van der Waals surface area contributed by atoms with Gasteiger partial charge in [-0.2, -0.15) is 0 Å². The maximum Gasteiger partial charge on any atom is 0.265 e. The summed E-state index contributed by atoms with van der Waals surface area (Å²) < 4.78 is 35.0. The van der Waals surface area contributed by atoms with Gasteiger partial charge in [-0.05, 0) is 62.6 Å². The number of anilines is 3. The van der Waals surface area contributed by atoms with Crippen LogP contribution in [-0.2, 0) is 14.4 Å². The Bertz CT molecular complexity index is 1940. The van der Waals surface area contributed by atoms with E-state index in [0.29, 0.717) is 23.4 Å². The van der Waals surface area contributed by atoms with Gasteiger partial charge in [0.05, 0.1) is 17.5 Å². The van der Waals surface area contributed by atoms with Crippen molar-refractivity contribution in [2.75, 3.05) is 55.7 Å². The highest BCUT2D eigenvalue weighted by atomic mass is 32.2. The maximum absolute atomic E-state index is 15.5. The zero-order valence-electron chi connectivity index (χ0n) is 29.2. The Morgan fingerprint density at radius 3 is 2.54 bits per heavy atom. The molecule has 2 aliphatic rings. The zero-order chi connectivity index (χ0) is 37.4. The molecule has 0 bridgehead atoms.